The number of hydrogen-bond donors (Lipinski definition) is 1. The van der Waals surface area contributed by atoms with Crippen molar-refractivity contribution in [2.24, 2.45) is 0 Å². The molecule has 188 valence electrons. The molecule has 0 spiro atoms. The molecule has 2 aromatic heterocycles. The fraction of sp³-hybridized carbons (Fsp3) is 0.286. The van der Waals surface area contributed by atoms with Crippen molar-refractivity contribution < 1.29 is 23.1 Å². The van der Waals surface area contributed by atoms with Gasteiger partial charge in [0.15, 0.2) is 6.61 Å². The summed E-state index contributed by atoms with van der Waals surface area (Å²) >= 11 is 0. The molecule has 4 aromatic rings. The van der Waals surface area contributed by atoms with Crippen LogP contribution < -0.4 is 4.74 Å². The van der Waals surface area contributed by atoms with Gasteiger partial charge in [0.05, 0.1) is 15.9 Å². The van der Waals surface area contributed by atoms with Crippen LogP contribution in [0.4, 0.5) is 0 Å². The fourth-order valence-corrected chi connectivity index (χ4v) is 5.69. The minimum Gasteiger partial charge on any atom is -0.482 e. The van der Waals surface area contributed by atoms with Gasteiger partial charge in [0.2, 0.25) is 0 Å². The number of rotatable bonds is 8. The average molecular weight is 507 g/mol. The largest absolute Gasteiger partial charge is 0.482 e. The molecule has 0 amide bonds. The molecule has 0 saturated carbocycles. The topological polar surface area (TPSA) is 98.5 Å². The van der Waals surface area contributed by atoms with E-state index in [0.717, 1.165) is 33.5 Å². The van der Waals surface area contributed by atoms with Crippen molar-refractivity contribution in [1.29, 1.82) is 0 Å². The molecule has 0 atom stereocenters. The number of aliphatic carboxylic acids is 1. The molecule has 0 fully saturated rings. The van der Waals surface area contributed by atoms with Crippen molar-refractivity contribution in [3.05, 3.63) is 88.2 Å². The molecule has 36 heavy (non-hydrogen) atoms. The third-order valence-electron chi connectivity index (χ3n) is 6.29. The van der Waals surface area contributed by atoms with E-state index in [4.69, 9.17) is 14.8 Å². The van der Waals surface area contributed by atoms with E-state index < -0.39 is 22.6 Å². The number of hydrogen-bond acceptors (Lipinski definition) is 5. The summed E-state index contributed by atoms with van der Waals surface area (Å²) in [7, 11) is -3.78. The van der Waals surface area contributed by atoms with Crippen LogP contribution in [0.1, 0.15) is 53.3 Å². The van der Waals surface area contributed by atoms with Gasteiger partial charge >= 0.3 is 5.97 Å². The highest BCUT2D eigenvalue weighted by Crippen LogP contribution is 2.31. The highest BCUT2D eigenvalue weighted by atomic mass is 32.2. The van der Waals surface area contributed by atoms with Crippen molar-refractivity contribution in [3.8, 4) is 5.75 Å². The van der Waals surface area contributed by atoms with Crippen LogP contribution in [0.15, 0.2) is 59.6 Å². The normalized spacial score (nSPS) is 11.8. The van der Waals surface area contributed by atoms with E-state index in [1.165, 1.54) is 3.97 Å². The lowest BCUT2D eigenvalue weighted by molar-refractivity contribution is -0.139. The Morgan fingerprint density at radius 2 is 1.67 bits per heavy atom. The lowest BCUT2D eigenvalue weighted by Crippen LogP contribution is -2.12. The summed E-state index contributed by atoms with van der Waals surface area (Å²) in [5.74, 6) is -0.428. The molecule has 0 aliphatic heterocycles. The van der Waals surface area contributed by atoms with Crippen LogP contribution in [0, 0.1) is 20.8 Å². The average Bonchev–Trinajstić information content (AvgIpc) is 3.20. The van der Waals surface area contributed by atoms with E-state index in [2.05, 4.69) is 0 Å². The van der Waals surface area contributed by atoms with Gasteiger partial charge in [-0.15, -0.1) is 0 Å². The van der Waals surface area contributed by atoms with Gasteiger partial charge in [-0.25, -0.2) is 17.2 Å². The Labute approximate surface area is 211 Å². The first-order valence-corrected chi connectivity index (χ1v) is 13.2. The van der Waals surface area contributed by atoms with Crippen LogP contribution in [-0.2, 0) is 21.2 Å². The maximum Gasteiger partial charge on any atom is 0.341 e. The third-order valence-corrected chi connectivity index (χ3v) is 7.98. The Morgan fingerprint density at radius 3 is 2.25 bits per heavy atom. The number of carbonyl (C=O) groups is 1. The SMILES string of the molecule is Cc1ccc(S(=O)(=O)n2cc(C(C)C)c3nc(Cc4c(C)cc(OCC(=O)O)cc4C)ccc32)cc1. The summed E-state index contributed by atoms with van der Waals surface area (Å²) < 4.78 is 33.6. The van der Waals surface area contributed by atoms with Crippen molar-refractivity contribution >= 4 is 27.0 Å². The number of ether oxygens (including phenoxy) is 1. The molecule has 2 heterocycles. The summed E-state index contributed by atoms with van der Waals surface area (Å²) in [5.41, 5.74) is 6.93. The zero-order valence-corrected chi connectivity index (χ0v) is 21.9. The van der Waals surface area contributed by atoms with Crippen molar-refractivity contribution in [2.45, 2.75) is 51.9 Å². The molecule has 8 heteroatoms. The zero-order chi connectivity index (χ0) is 26.2. The quantitative estimate of drug-likeness (QED) is 0.345. The lowest BCUT2D eigenvalue weighted by Gasteiger charge is -2.13. The molecule has 0 bridgehead atoms. The highest BCUT2D eigenvalue weighted by molar-refractivity contribution is 7.90. The van der Waals surface area contributed by atoms with Crippen LogP contribution in [0.5, 0.6) is 5.75 Å². The van der Waals surface area contributed by atoms with Crippen molar-refractivity contribution in [1.82, 2.24) is 8.96 Å². The Hall–Kier alpha value is -3.65. The smallest absolute Gasteiger partial charge is 0.341 e. The van der Waals surface area contributed by atoms with Gasteiger partial charge in [-0.3, -0.25) is 4.98 Å². The number of benzene rings is 2. The van der Waals surface area contributed by atoms with Crippen LogP contribution in [-0.4, -0.2) is 35.1 Å². The standard InChI is InChI=1S/C28H30N2O5S/c1-17(2)25-15-30(36(33,34)23-9-6-18(3)7-10-23)26-11-8-21(29-28(25)26)14-24-19(4)12-22(13-20(24)5)35-16-27(31)32/h6-13,15,17H,14,16H2,1-5H3,(H,31,32). The minimum atomic E-state index is -3.78. The monoisotopic (exact) mass is 506 g/mol. The number of carboxylic acids is 1. The second-order valence-corrected chi connectivity index (χ2v) is 11.2. The van der Waals surface area contributed by atoms with Gasteiger partial charge in [-0.2, -0.15) is 0 Å². The second kappa shape index (κ2) is 9.78. The number of aryl methyl sites for hydroxylation is 3. The Morgan fingerprint density at radius 1 is 1.03 bits per heavy atom. The Balaban J connectivity index is 1.74. The maximum absolute atomic E-state index is 13.5. The summed E-state index contributed by atoms with van der Waals surface area (Å²) in [6, 6.07) is 14.2. The summed E-state index contributed by atoms with van der Waals surface area (Å²) in [6.07, 6.45) is 2.24. The predicted molar refractivity (Wildman–Crippen MR) is 139 cm³/mol. The zero-order valence-electron chi connectivity index (χ0n) is 21.1. The molecule has 1 N–H and O–H groups in total. The number of fused-ring (bicyclic) bond motifs is 1. The van der Waals surface area contributed by atoms with E-state index >= 15 is 0 Å². The molecule has 0 aliphatic rings. The molecule has 0 unspecified atom stereocenters. The van der Waals surface area contributed by atoms with Gasteiger partial charge in [-0.05, 0) is 85.3 Å². The molecular formula is C28H30N2O5S. The summed E-state index contributed by atoms with van der Waals surface area (Å²) in [6.45, 7) is 9.49. The van der Waals surface area contributed by atoms with Crippen LogP contribution in [0.2, 0.25) is 0 Å². The maximum atomic E-state index is 13.5. The molecule has 0 saturated heterocycles. The van der Waals surface area contributed by atoms with Crippen molar-refractivity contribution in [3.63, 3.8) is 0 Å². The third kappa shape index (κ3) is 4.99. The number of nitrogens with zero attached hydrogens (tertiary/aromatic N) is 2. The van der Waals surface area contributed by atoms with E-state index in [1.807, 2.05) is 58.9 Å². The molecule has 7 nitrogen and oxygen atoms in total. The van der Waals surface area contributed by atoms with Gasteiger partial charge in [0, 0.05) is 18.3 Å². The number of aromatic nitrogens is 2. The first kappa shape index (κ1) is 25.4. The molecule has 0 radical (unpaired) electrons. The number of carboxylic acid groups (broad SMARTS) is 1. The van der Waals surface area contributed by atoms with Gasteiger partial charge in [0.1, 0.15) is 5.75 Å². The van der Waals surface area contributed by atoms with Crippen LogP contribution in [0.25, 0.3) is 11.0 Å². The minimum absolute atomic E-state index is 0.0823. The predicted octanol–water partition coefficient (Wildman–Crippen LogP) is 5.38. The number of pyridine rings is 1. The van der Waals surface area contributed by atoms with Gasteiger partial charge in [-0.1, -0.05) is 31.5 Å². The first-order valence-electron chi connectivity index (χ1n) is 11.7. The lowest BCUT2D eigenvalue weighted by atomic mass is 9.97. The summed E-state index contributed by atoms with van der Waals surface area (Å²) in [4.78, 5) is 16.0. The van der Waals surface area contributed by atoms with E-state index in [0.29, 0.717) is 23.2 Å². The van der Waals surface area contributed by atoms with Crippen LogP contribution >= 0.6 is 0 Å². The van der Waals surface area contributed by atoms with Crippen molar-refractivity contribution in [2.75, 3.05) is 6.61 Å². The fourth-order valence-electron chi connectivity index (χ4n) is 4.33. The molecule has 2 aromatic carbocycles. The molecular weight excluding hydrogens is 476 g/mol. The molecule has 4 rings (SSSR count). The van der Waals surface area contributed by atoms with E-state index in [9.17, 15) is 13.2 Å². The Kier molecular flexibility index (Phi) is 6.91. The first-order chi connectivity index (χ1) is 17.0. The summed E-state index contributed by atoms with van der Waals surface area (Å²) in [5, 5.41) is 8.87. The highest BCUT2D eigenvalue weighted by Gasteiger charge is 2.23. The van der Waals surface area contributed by atoms with Gasteiger partial charge < -0.3 is 9.84 Å². The van der Waals surface area contributed by atoms with Gasteiger partial charge in [0.25, 0.3) is 10.0 Å². The van der Waals surface area contributed by atoms with Crippen LogP contribution in [0.3, 0.4) is 0 Å². The van der Waals surface area contributed by atoms with E-state index in [-0.39, 0.29) is 10.8 Å². The Bertz CT molecular complexity index is 1530. The van der Waals surface area contributed by atoms with E-state index in [1.54, 1.807) is 30.5 Å². The second-order valence-electron chi connectivity index (χ2n) is 9.42. The molecule has 0 aliphatic carbocycles.